The molecule has 0 amide bonds. The quantitative estimate of drug-likeness (QED) is 0.723. The van der Waals surface area contributed by atoms with Gasteiger partial charge in [0.05, 0.1) is 19.3 Å². The Kier molecular flexibility index (Phi) is 3.22. The molecule has 92 valence electrons. The van der Waals surface area contributed by atoms with Crippen LogP contribution in [0, 0.1) is 5.41 Å². The molecule has 2 fully saturated rings. The molecule has 0 aromatic rings. The predicted molar refractivity (Wildman–Crippen MR) is 57.9 cm³/mol. The summed E-state index contributed by atoms with van der Waals surface area (Å²) in [5.74, 6) is -0.311. The van der Waals surface area contributed by atoms with Crippen LogP contribution >= 0.6 is 0 Å². The minimum Gasteiger partial charge on any atom is -0.468 e. The normalized spacial score (nSPS) is 33.6. The van der Waals surface area contributed by atoms with Crippen molar-refractivity contribution in [1.29, 1.82) is 0 Å². The van der Waals surface area contributed by atoms with Gasteiger partial charge < -0.3 is 14.6 Å². The molecule has 4 heteroatoms. The van der Waals surface area contributed by atoms with Crippen LogP contribution in [0.15, 0.2) is 0 Å². The molecule has 0 radical (unpaired) electrons. The molecule has 0 bridgehead atoms. The molecule has 2 aliphatic rings. The zero-order chi connectivity index (χ0) is 11.6. The molecule has 0 spiro atoms. The van der Waals surface area contributed by atoms with E-state index in [2.05, 4.69) is 0 Å². The van der Waals surface area contributed by atoms with E-state index in [1.807, 2.05) is 0 Å². The van der Waals surface area contributed by atoms with Crippen molar-refractivity contribution in [2.45, 2.75) is 44.1 Å². The zero-order valence-corrected chi connectivity index (χ0v) is 9.83. The van der Waals surface area contributed by atoms with Gasteiger partial charge in [-0.1, -0.05) is 19.3 Å². The molecule has 1 saturated carbocycles. The Bertz CT molecular complexity index is 262. The first kappa shape index (κ1) is 11.9. The molecule has 1 saturated heterocycles. The Morgan fingerprint density at radius 1 is 1.25 bits per heavy atom. The van der Waals surface area contributed by atoms with Crippen molar-refractivity contribution in [1.82, 2.24) is 0 Å². The van der Waals surface area contributed by atoms with Crippen molar-refractivity contribution >= 4 is 5.97 Å². The van der Waals surface area contributed by atoms with Crippen LogP contribution in [-0.4, -0.2) is 37.0 Å². The SMILES string of the molecule is COC(=O)C1(C2(O)CCCCC2)CCOC1. The maximum atomic E-state index is 12.0. The van der Waals surface area contributed by atoms with Crippen molar-refractivity contribution in [3.05, 3.63) is 0 Å². The minimum atomic E-state index is -0.922. The standard InChI is InChI=1S/C12H20O4/c1-15-10(13)11(7-8-16-9-11)12(14)5-3-2-4-6-12/h14H,2-9H2,1H3. The van der Waals surface area contributed by atoms with Gasteiger partial charge in [0.1, 0.15) is 5.41 Å². The van der Waals surface area contributed by atoms with Crippen LogP contribution in [0.2, 0.25) is 0 Å². The van der Waals surface area contributed by atoms with E-state index in [4.69, 9.17) is 9.47 Å². The second kappa shape index (κ2) is 4.34. The number of hydrogen-bond acceptors (Lipinski definition) is 4. The average molecular weight is 228 g/mol. The van der Waals surface area contributed by atoms with Gasteiger partial charge in [0.25, 0.3) is 0 Å². The third kappa shape index (κ3) is 1.64. The van der Waals surface area contributed by atoms with E-state index in [9.17, 15) is 9.90 Å². The lowest BCUT2D eigenvalue weighted by Crippen LogP contribution is -2.55. The minimum absolute atomic E-state index is 0.302. The fourth-order valence-corrected chi connectivity index (χ4v) is 3.09. The summed E-state index contributed by atoms with van der Waals surface area (Å²) in [6.07, 6.45) is 5.05. The molecular formula is C12H20O4. The molecule has 1 aliphatic carbocycles. The Labute approximate surface area is 95.9 Å². The van der Waals surface area contributed by atoms with Gasteiger partial charge in [0, 0.05) is 6.61 Å². The van der Waals surface area contributed by atoms with E-state index in [0.29, 0.717) is 32.5 Å². The molecule has 1 atom stereocenters. The third-order valence-corrected chi connectivity index (χ3v) is 4.17. The van der Waals surface area contributed by atoms with Crippen LogP contribution < -0.4 is 0 Å². The summed E-state index contributed by atoms with van der Waals surface area (Å²) in [7, 11) is 1.38. The number of carbonyl (C=O) groups excluding carboxylic acids is 1. The van der Waals surface area contributed by atoms with Crippen LogP contribution in [0.5, 0.6) is 0 Å². The summed E-state index contributed by atoms with van der Waals surface area (Å²) in [6.45, 7) is 0.841. The van der Waals surface area contributed by atoms with E-state index < -0.39 is 11.0 Å². The molecule has 1 unspecified atom stereocenters. The summed E-state index contributed by atoms with van der Waals surface area (Å²) in [4.78, 5) is 12.0. The van der Waals surface area contributed by atoms with Crippen LogP contribution in [0.4, 0.5) is 0 Å². The van der Waals surface area contributed by atoms with Crippen LogP contribution in [-0.2, 0) is 14.3 Å². The van der Waals surface area contributed by atoms with Crippen molar-refractivity contribution in [2.75, 3.05) is 20.3 Å². The molecule has 0 aromatic carbocycles. The smallest absolute Gasteiger partial charge is 0.317 e. The lowest BCUT2D eigenvalue weighted by atomic mass is 9.64. The predicted octanol–water partition coefficient (Wildman–Crippen LogP) is 1.26. The largest absolute Gasteiger partial charge is 0.468 e. The topological polar surface area (TPSA) is 55.8 Å². The number of carbonyl (C=O) groups is 1. The number of aliphatic hydroxyl groups is 1. The van der Waals surface area contributed by atoms with Gasteiger partial charge in [-0.25, -0.2) is 0 Å². The first-order valence-corrected chi connectivity index (χ1v) is 6.03. The lowest BCUT2D eigenvalue weighted by molar-refractivity contribution is -0.178. The van der Waals surface area contributed by atoms with E-state index >= 15 is 0 Å². The summed E-state index contributed by atoms with van der Waals surface area (Å²) in [6, 6.07) is 0. The first-order chi connectivity index (χ1) is 7.65. The maximum absolute atomic E-state index is 12.0. The third-order valence-electron chi connectivity index (χ3n) is 4.17. The molecule has 1 heterocycles. The molecule has 1 N–H and O–H groups in total. The highest BCUT2D eigenvalue weighted by atomic mass is 16.5. The fraction of sp³-hybridized carbons (Fsp3) is 0.917. The average Bonchev–Trinajstić information content (AvgIpc) is 2.80. The molecule has 2 rings (SSSR count). The van der Waals surface area contributed by atoms with Gasteiger partial charge in [0.15, 0.2) is 0 Å². The molecule has 16 heavy (non-hydrogen) atoms. The second-order valence-electron chi connectivity index (χ2n) is 4.97. The highest BCUT2D eigenvalue weighted by Gasteiger charge is 2.58. The van der Waals surface area contributed by atoms with E-state index in [0.717, 1.165) is 19.3 Å². The van der Waals surface area contributed by atoms with Crippen molar-refractivity contribution in [3.8, 4) is 0 Å². The van der Waals surface area contributed by atoms with E-state index in [1.165, 1.54) is 7.11 Å². The van der Waals surface area contributed by atoms with Gasteiger partial charge in [-0.05, 0) is 19.3 Å². The number of esters is 1. The Morgan fingerprint density at radius 3 is 2.44 bits per heavy atom. The Morgan fingerprint density at radius 2 is 1.94 bits per heavy atom. The van der Waals surface area contributed by atoms with Crippen molar-refractivity contribution in [2.24, 2.45) is 5.41 Å². The summed E-state index contributed by atoms with van der Waals surface area (Å²) >= 11 is 0. The summed E-state index contributed by atoms with van der Waals surface area (Å²) < 4.78 is 10.2. The highest BCUT2D eigenvalue weighted by molar-refractivity contribution is 5.79. The zero-order valence-electron chi connectivity index (χ0n) is 9.83. The Balaban J connectivity index is 2.27. The van der Waals surface area contributed by atoms with Gasteiger partial charge in [-0.15, -0.1) is 0 Å². The van der Waals surface area contributed by atoms with Gasteiger partial charge >= 0.3 is 5.97 Å². The van der Waals surface area contributed by atoms with Crippen LogP contribution in [0.3, 0.4) is 0 Å². The molecule has 1 aliphatic heterocycles. The van der Waals surface area contributed by atoms with Gasteiger partial charge in [-0.3, -0.25) is 4.79 Å². The number of methoxy groups -OCH3 is 1. The Hall–Kier alpha value is -0.610. The fourth-order valence-electron chi connectivity index (χ4n) is 3.09. The van der Waals surface area contributed by atoms with Crippen LogP contribution in [0.1, 0.15) is 38.5 Å². The highest BCUT2D eigenvalue weighted by Crippen LogP contribution is 2.48. The van der Waals surface area contributed by atoms with E-state index in [-0.39, 0.29) is 5.97 Å². The summed E-state index contributed by atoms with van der Waals surface area (Å²) in [5, 5.41) is 10.7. The van der Waals surface area contributed by atoms with Gasteiger partial charge in [-0.2, -0.15) is 0 Å². The summed E-state index contributed by atoms with van der Waals surface area (Å²) in [5.41, 5.74) is -1.74. The van der Waals surface area contributed by atoms with E-state index in [1.54, 1.807) is 0 Å². The number of ether oxygens (including phenoxy) is 2. The molecule has 0 aromatic heterocycles. The monoisotopic (exact) mass is 228 g/mol. The van der Waals surface area contributed by atoms with Crippen molar-refractivity contribution in [3.63, 3.8) is 0 Å². The number of hydrogen-bond donors (Lipinski definition) is 1. The van der Waals surface area contributed by atoms with Crippen LogP contribution in [0.25, 0.3) is 0 Å². The maximum Gasteiger partial charge on any atom is 0.317 e. The molecular weight excluding hydrogens is 208 g/mol. The first-order valence-electron chi connectivity index (χ1n) is 6.03. The lowest BCUT2D eigenvalue weighted by Gasteiger charge is -2.44. The van der Waals surface area contributed by atoms with Crippen molar-refractivity contribution < 1.29 is 19.4 Å². The number of rotatable bonds is 2. The molecule has 4 nitrogen and oxygen atoms in total. The second-order valence-corrected chi connectivity index (χ2v) is 4.97. The van der Waals surface area contributed by atoms with Gasteiger partial charge in [0.2, 0.25) is 0 Å².